The minimum absolute atomic E-state index is 0.0344. The molecule has 1 aromatic carbocycles. The summed E-state index contributed by atoms with van der Waals surface area (Å²) in [7, 11) is 0. The van der Waals surface area contributed by atoms with Gasteiger partial charge in [0.05, 0.1) is 31.1 Å². The van der Waals surface area contributed by atoms with Gasteiger partial charge in [-0.05, 0) is 50.2 Å². The summed E-state index contributed by atoms with van der Waals surface area (Å²) in [5.41, 5.74) is 1.70. The van der Waals surface area contributed by atoms with Gasteiger partial charge in [0.1, 0.15) is 5.76 Å². The second-order valence-corrected chi connectivity index (χ2v) is 7.10. The van der Waals surface area contributed by atoms with Crippen molar-refractivity contribution in [1.82, 2.24) is 10.2 Å². The van der Waals surface area contributed by atoms with Gasteiger partial charge in [0.2, 0.25) is 0 Å². The van der Waals surface area contributed by atoms with E-state index in [0.717, 1.165) is 43.2 Å². The highest BCUT2D eigenvalue weighted by Crippen LogP contribution is 2.26. The van der Waals surface area contributed by atoms with E-state index in [2.05, 4.69) is 15.1 Å². The van der Waals surface area contributed by atoms with E-state index in [4.69, 9.17) is 9.15 Å². The number of anilines is 1. The van der Waals surface area contributed by atoms with E-state index in [-0.39, 0.29) is 11.9 Å². The molecule has 3 heterocycles. The Labute approximate surface area is 160 Å². The number of furan rings is 1. The maximum Gasteiger partial charge on any atom is 0.253 e. The maximum absolute atomic E-state index is 13.0. The number of carbonyl (C=O) groups is 1. The minimum atomic E-state index is -0.0344. The first-order chi connectivity index (χ1) is 13.3. The number of carbonyl (C=O) groups excluding carboxylic acids is 1. The molecule has 2 aliphatic rings. The Morgan fingerprint density at radius 2 is 1.81 bits per heavy atom. The van der Waals surface area contributed by atoms with Crippen LogP contribution in [0.3, 0.4) is 0 Å². The van der Waals surface area contributed by atoms with E-state index >= 15 is 0 Å². The van der Waals surface area contributed by atoms with E-state index < -0.39 is 0 Å². The van der Waals surface area contributed by atoms with Crippen molar-refractivity contribution >= 4 is 11.6 Å². The largest absolute Gasteiger partial charge is 0.468 e. The Bertz CT molecular complexity index is 735. The lowest BCUT2D eigenvalue weighted by atomic mass is 10.1. The molecule has 27 heavy (non-hydrogen) atoms. The summed E-state index contributed by atoms with van der Waals surface area (Å²) in [5, 5.41) is 3.15. The van der Waals surface area contributed by atoms with Crippen molar-refractivity contribution in [3.05, 3.63) is 54.0 Å². The average Bonchev–Trinajstić information content (AvgIpc) is 3.43. The third kappa shape index (κ3) is 4.17. The predicted octanol–water partition coefficient (Wildman–Crippen LogP) is 2.68. The molecule has 0 radical (unpaired) electrons. The Balaban J connectivity index is 1.47. The minimum Gasteiger partial charge on any atom is -0.468 e. The SMILES string of the molecule is O=C(NCC(c1ccco1)N1CCCC1)c1ccccc1N1CCOCC1. The summed E-state index contributed by atoms with van der Waals surface area (Å²) in [5.74, 6) is 0.881. The van der Waals surface area contributed by atoms with Gasteiger partial charge < -0.3 is 19.4 Å². The van der Waals surface area contributed by atoms with Gasteiger partial charge in [-0.25, -0.2) is 0 Å². The van der Waals surface area contributed by atoms with Crippen LogP contribution < -0.4 is 10.2 Å². The van der Waals surface area contributed by atoms with Crippen molar-refractivity contribution in [1.29, 1.82) is 0 Å². The number of hydrogen-bond acceptors (Lipinski definition) is 5. The molecule has 2 fully saturated rings. The van der Waals surface area contributed by atoms with Crippen LogP contribution in [-0.2, 0) is 4.74 Å². The fourth-order valence-corrected chi connectivity index (χ4v) is 3.97. The molecule has 0 saturated carbocycles. The second-order valence-electron chi connectivity index (χ2n) is 7.10. The Morgan fingerprint density at radius 1 is 1.04 bits per heavy atom. The third-order valence-corrected chi connectivity index (χ3v) is 5.41. The van der Waals surface area contributed by atoms with Gasteiger partial charge in [-0.3, -0.25) is 9.69 Å². The fourth-order valence-electron chi connectivity index (χ4n) is 3.97. The van der Waals surface area contributed by atoms with Gasteiger partial charge >= 0.3 is 0 Å². The van der Waals surface area contributed by atoms with Crippen molar-refractivity contribution < 1.29 is 13.9 Å². The molecule has 1 amide bonds. The number of likely N-dealkylation sites (tertiary alicyclic amines) is 1. The molecule has 0 bridgehead atoms. The number of morpholine rings is 1. The topological polar surface area (TPSA) is 58.0 Å². The molecule has 6 nitrogen and oxygen atoms in total. The summed E-state index contributed by atoms with van der Waals surface area (Å²) in [6.07, 6.45) is 4.10. The van der Waals surface area contributed by atoms with Crippen LogP contribution in [0.25, 0.3) is 0 Å². The normalized spacial score (nSPS) is 19.2. The van der Waals surface area contributed by atoms with Gasteiger partial charge in [0, 0.05) is 25.3 Å². The van der Waals surface area contributed by atoms with Gasteiger partial charge in [-0.1, -0.05) is 12.1 Å². The predicted molar refractivity (Wildman–Crippen MR) is 104 cm³/mol. The monoisotopic (exact) mass is 369 g/mol. The molecule has 1 aromatic heterocycles. The smallest absolute Gasteiger partial charge is 0.253 e. The summed E-state index contributed by atoms with van der Waals surface area (Å²) < 4.78 is 11.1. The highest BCUT2D eigenvalue weighted by Gasteiger charge is 2.26. The first-order valence-corrected chi connectivity index (χ1v) is 9.80. The first kappa shape index (κ1) is 18.1. The summed E-state index contributed by atoms with van der Waals surface area (Å²) in [6.45, 7) is 5.66. The lowest BCUT2D eigenvalue weighted by molar-refractivity contribution is 0.0932. The molecule has 0 spiro atoms. The van der Waals surface area contributed by atoms with Crippen molar-refractivity contribution in [2.45, 2.75) is 18.9 Å². The molecule has 1 N–H and O–H groups in total. The maximum atomic E-state index is 13.0. The van der Waals surface area contributed by atoms with Crippen LogP contribution in [-0.4, -0.2) is 56.7 Å². The molecule has 6 heteroatoms. The van der Waals surface area contributed by atoms with Crippen LogP contribution in [0.15, 0.2) is 47.1 Å². The summed E-state index contributed by atoms with van der Waals surface area (Å²) in [6, 6.07) is 11.8. The van der Waals surface area contributed by atoms with Crippen molar-refractivity contribution in [2.75, 3.05) is 50.8 Å². The van der Waals surface area contributed by atoms with E-state index in [9.17, 15) is 4.79 Å². The molecule has 1 unspecified atom stereocenters. The van der Waals surface area contributed by atoms with E-state index in [0.29, 0.717) is 19.8 Å². The molecule has 4 rings (SSSR count). The zero-order valence-corrected chi connectivity index (χ0v) is 15.6. The van der Waals surface area contributed by atoms with Crippen LogP contribution in [0, 0.1) is 0 Å². The molecule has 2 aliphatic heterocycles. The zero-order chi connectivity index (χ0) is 18.5. The number of rotatable bonds is 6. The van der Waals surface area contributed by atoms with Gasteiger partial charge in [-0.2, -0.15) is 0 Å². The summed E-state index contributed by atoms with van der Waals surface area (Å²) in [4.78, 5) is 17.6. The van der Waals surface area contributed by atoms with Crippen LogP contribution >= 0.6 is 0 Å². The molecular formula is C21H27N3O3. The number of para-hydroxylation sites is 1. The zero-order valence-electron chi connectivity index (χ0n) is 15.6. The Morgan fingerprint density at radius 3 is 2.56 bits per heavy atom. The number of hydrogen-bond donors (Lipinski definition) is 1. The average molecular weight is 369 g/mol. The standard InChI is InChI=1S/C21H27N3O3/c25-21(17-6-1-2-7-18(17)24-11-14-26-15-12-24)22-16-19(20-8-5-13-27-20)23-9-3-4-10-23/h1-2,5-8,13,19H,3-4,9-12,14-16H2,(H,22,25). The molecule has 144 valence electrons. The number of amides is 1. The first-order valence-electron chi connectivity index (χ1n) is 9.80. The molecule has 0 aliphatic carbocycles. The molecule has 2 aromatic rings. The number of nitrogens with zero attached hydrogens (tertiary/aromatic N) is 2. The number of ether oxygens (including phenoxy) is 1. The number of nitrogens with one attached hydrogen (secondary N) is 1. The molecule has 1 atom stereocenters. The van der Waals surface area contributed by atoms with E-state index in [1.807, 2.05) is 36.4 Å². The lowest BCUT2D eigenvalue weighted by Gasteiger charge is -2.30. The highest BCUT2D eigenvalue weighted by molar-refractivity contribution is 5.99. The van der Waals surface area contributed by atoms with Crippen LogP contribution in [0.4, 0.5) is 5.69 Å². The van der Waals surface area contributed by atoms with Crippen LogP contribution in [0.1, 0.15) is 35.0 Å². The third-order valence-electron chi connectivity index (χ3n) is 5.41. The van der Waals surface area contributed by atoms with E-state index in [1.54, 1.807) is 6.26 Å². The van der Waals surface area contributed by atoms with Crippen molar-refractivity contribution in [3.63, 3.8) is 0 Å². The molecule has 2 saturated heterocycles. The van der Waals surface area contributed by atoms with E-state index in [1.165, 1.54) is 12.8 Å². The Hall–Kier alpha value is -2.31. The highest BCUT2D eigenvalue weighted by atomic mass is 16.5. The van der Waals surface area contributed by atoms with Gasteiger partial charge in [-0.15, -0.1) is 0 Å². The lowest BCUT2D eigenvalue weighted by Crippen LogP contribution is -2.39. The van der Waals surface area contributed by atoms with Crippen molar-refractivity contribution in [3.8, 4) is 0 Å². The number of benzene rings is 1. The Kier molecular flexibility index (Phi) is 5.75. The van der Waals surface area contributed by atoms with Crippen LogP contribution in [0.5, 0.6) is 0 Å². The van der Waals surface area contributed by atoms with Gasteiger partial charge in [0.25, 0.3) is 5.91 Å². The second kappa shape index (κ2) is 8.59. The van der Waals surface area contributed by atoms with Crippen LogP contribution in [0.2, 0.25) is 0 Å². The van der Waals surface area contributed by atoms with Gasteiger partial charge in [0.15, 0.2) is 0 Å². The molecular weight excluding hydrogens is 342 g/mol. The summed E-state index contributed by atoms with van der Waals surface area (Å²) >= 11 is 0. The quantitative estimate of drug-likeness (QED) is 0.848. The van der Waals surface area contributed by atoms with Crippen molar-refractivity contribution in [2.24, 2.45) is 0 Å². The fraction of sp³-hybridized carbons (Fsp3) is 0.476.